The van der Waals surface area contributed by atoms with Crippen LogP contribution >= 0.6 is 11.9 Å². The number of fused-ring (bicyclic) bond motifs is 1. The highest BCUT2D eigenvalue weighted by Gasteiger charge is 2.37. The first kappa shape index (κ1) is 22.4. The van der Waals surface area contributed by atoms with Crippen LogP contribution in [-0.4, -0.2) is 42.7 Å². The number of aliphatic hydroxyl groups is 1. The van der Waals surface area contributed by atoms with Crippen molar-refractivity contribution in [2.75, 3.05) is 25.0 Å². The van der Waals surface area contributed by atoms with E-state index >= 15 is 0 Å². The molecular weight excluding hydrogens is 420 g/mol. The molecule has 1 aliphatic heterocycles. The Morgan fingerprint density at radius 2 is 1.69 bits per heavy atom. The number of rotatable bonds is 7. The van der Waals surface area contributed by atoms with E-state index < -0.39 is 6.23 Å². The van der Waals surface area contributed by atoms with Crippen LogP contribution in [0.2, 0.25) is 0 Å². The lowest BCUT2D eigenvalue weighted by molar-refractivity contribution is -0.128. The molecule has 0 radical (unpaired) electrons. The maximum atomic E-state index is 13.4. The first-order chi connectivity index (χ1) is 15.6. The van der Waals surface area contributed by atoms with Gasteiger partial charge in [0.1, 0.15) is 5.75 Å². The second-order valence-corrected chi connectivity index (χ2v) is 9.01. The highest BCUT2D eigenvalue weighted by atomic mass is 32.2. The molecule has 32 heavy (non-hydrogen) atoms. The van der Waals surface area contributed by atoms with Gasteiger partial charge < -0.3 is 14.7 Å². The van der Waals surface area contributed by atoms with Crippen LogP contribution < -0.4 is 9.04 Å². The summed E-state index contributed by atoms with van der Waals surface area (Å²) in [7, 11) is 3.68. The largest absolute Gasteiger partial charge is 0.497 e. The molecule has 0 fully saturated rings. The minimum atomic E-state index is -1.23. The molecule has 0 aromatic heterocycles. The highest BCUT2D eigenvalue weighted by molar-refractivity contribution is 8.00. The van der Waals surface area contributed by atoms with Crippen LogP contribution in [0.4, 0.5) is 5.69 Å². The molecule has 0 spiro atoms. The zero-order valence-corrected chi connectivity index (χ0v) is 19.2. The number of hydrogen-bond acceptors (Lipinski definition) is 6. The number of aliphatic hydroxyl groups excluding tert-OH is 1. The quantitative estimate of drug-likeness (QED) is 0.528. The van der Waals surface area contributed by atoms with Crippen molar-refractivity contribution in [3.8, 4) is 5.75 Å². The molecule has 3 aromatic carbocycles. The van der Waals surface area contributed by atoms with Gasteiger partial charge in [-0.25, -0.2) is 0 Å². The van der Waals surface area contributed by atoms with E-state index in [0.29, 0.717) is 6.42 Å². The van der Waals surface area contributed by atoms with Gasteiger partial charge in [0, 0.05) is 17.4 Å². The molecule has 0 amide bonds. The van der Waals surface area contributed by atoms with Crippen LogP contribution in [0.15, 0.2) is 83.8 Å². The fourth-order valence-electron chi connectivity index (χ4n) is 4.00. The smallest absolute Gasteiger partial charge is 0.197 e. The molecule has 166 valence electrons. The third-order valence-electron chi connectivity index (χ3n) is 5.73. The molecule has 6 heteroatoms. The van der Waals surface area contributed by atoms with Gasteiger partial charge in [-0.15, -0.1) is 0 Å². The maximum absolute atomic E-state index is 13.4. The number of anilines is 1. The molecule has 0 unspecified atom stereocenters. The minimum absolute atomic E-state index is 0.175. The molecule has 0 saturated carbocycles. The Morgan fingerprint density at radius 3 is 2.41 bits per heavy atom. The van der Waals surface area contributed by atoms with Crippen LogP contribution in [0.25, 0.3) is 0 Å². The number of benzene rings is 3. The summed E-state index contributed by atoms with van der Waals surface area (Å²) in [5, 5.41) is 11.1. The first-order valence-electron chi connectivity index (χ1n) is 10.7. The second-order valence-electron chi connectivity index (χ2n) is 7.99. The van der Waals surface area contributed by atoms with Gasteiger partial charge in [-0.3, -0.25) is 9.10 Å². The third kappa shape index (κ3) is 4.99. The summed E-state index contributed by atoms with van der Waals surface area (Å²) in [6.45, 7) is 1.57. The number of Topliss-reactive ketones (excluding diaryl/α,β-unsaturated/α-hetero) is 1. The summed E-state index contributed by atoms with van der Waals surface area (Å²) in [4.78, 5) is 16.6. The van der Waals surface area contributed by atoms with Crippen LogP contribution in [0.3, 0.4) is 0 Å². The molecule has 1 N–H and O–H groups in total. The summed E-state index contributed by atoms with van der Waals surface area (Å²) >= 11 is 1.40. The van der Waals surface area contributed by atoms with Crippen LogP contribution in [0, 0.1) is 0 Å². The van der Waals surface area contributed by atoms with Gasteiger partial charge in [-0.2, -0.15) is 0 Å². The van der Waals surface area contributed by atoms with Gasteiger partial charge in [0.2, 0.25) is 0 Å². The minimum Gasteiger partial charge on any atom is -0.497 e. The average molecular weight is 449 g/mol. The third-order valence-corrected chi connectivity index (χ3v) is 6.91. The van der Waals surface area contributed by atoms with E-state index in [1.54, 1.807) is 11.4 Å². The summed E-state index contributed by atoms with van der Waals surface area (Å²) < 4.78 is 6.93. The van der Waals surface area contributed by atoms with E-state index in [1.165, 1.54) is 17.5 Å². The number of hydrogen-bond donors (Lipinski definition) is 1. The summed E-state index contributed by atoms with van der Waals surface area (Å²) in [6.07, 6.45) is -0.585. The SMILES string of the molecule is COc1ccc(N2Sc3ccccc3[C@@H](CCN(C)Cc3ccccc3)C(=O)[C@H]2O)cc1. The monoisotopic (exact) mass is 448 g/mol. The summed E-state index contributed by atoms with van der Waals surface area (Å²) in [6, 6.07) is 25.6. The van der Waals surface area contributed by atoms with Crippen molar-refractivity contribution in [2.45, 2.75) is 30.0 Å². The van der Waals surface area contributed by atoms with E-state index in [2.05, 4.69) is 24.1 Å². The molecule has 0 aliphatic carbocycles. The Balaban J connectivity index is 1.55. The zero-order valence-electron chi connectivity index (χ0n) is 18.3. The van der Waals surface area contributed by atoms with E-state index in [0.717, 1.165) is 35.0 Å². The Labute approximate surface area is 193 Å². The standard InChI is InChI=1S/C26H28N2O3S/c1-27(18-19-8-4-3-5-9-19)17-16-23-22-10-6-7-11-24(22)32-28(26(30)25(23)29)20-12-14-21(31-2)15-13-20/h3-15,23,26,30H,16-18H2,1-2H3/t23-,26-/m1/s1. The second kappa shape index (κ2) is 10.2. The number of nitrogens with zero attached hydrogens (tertiary/aromatic N) is 2. The molecule has 4 rings (SSSR count). The van der Waals surface area contributed by atoms with Crippen molar-refractivity contribution in [3.63, 3.8) is 0 Å². The molecule has 1 heterocycles. The topological polar surface area (TPSA) is 53.0 Å². The normalized spacial score (nSPS) is 18.4. The van der Waals surface area contributed by atoms with Crippen molar-refractivity contribution in [1.82, 2.24) is 4.90 Å². The molecule has 0 bridgehead atoms. The van der Waals surface area contributed by atoms with E-state index in [1.807, 2.05) is 66.7 Å². The van der Waals surface area contributed by atoms with Crippen molar-refractivity contribution in [3.05, 3.63) is 90.0 Å². The predicted molar refractivity (Wildman–Crippen MR) is 129 cm³/mol. The van der Waals surface area contributed by atoms with Crippen molar-refractivity contribution >= 4 is 23.4 Å². The first-order valence-corrected chi connectivity index (χ1v) is 11.5. The number of ketones is 1. The maximum Gasteiger partial charge on any atom is 0.197 e. The van der Waals surface area contributed by atoms with Gasteiger partial charge in [0.25, 0.3) is 0 Å². The number of carbonyl (C=O) groups excluding carboxylic acids is 1. The van der Waals surface area contributed by atoms with Crippen LogP contribution in [0.1, 0.15) is 23.5 Å². The van der Waals surface area contributed by atoms with Gasteiger partial charge in [-0.05, 0) is 73.4 Å². The predicted octanol–water partition coefficient (Wildman–Crippen LogP) is 4.72. The fraction of sp³-hybridized carbons (Fsp3) is 0.269. The van der Waals surface area contributed by atoms with Crippen LogP contribution in [-0.2, 0) is 11.3 Å². The lowest BCUT2D eigenvalue weighted by Crippen LogP contribution is -2.38. The van der Waals surface area contributed by atoms with E-state index in [9.17, 15) is 9.90 Å². The zero-order chi connectivity index (χ0) is 22.5. The van der Waals surface area contributed by atoms with Gasteiger partial charge >= 0.3 is 0 Å². The van der Waals surface area contributed by atoms with Crippen molar-refractivity contribution in [2.24, 2.45) is 0 Å². The molecule has 1 aliphatic rings. The Hall–Kier alpha value is -2.80. The Bertz CT molecular complexity index is 1040. The summed E-state index contributed by atoms with van der Waals surface area (Å²) in [5.41, 5.74) is 2.97. The number of ether oxygens (including phenoxy) is 1. The lowest BCUT2D eigenvalue weighted by atomic mass is 9.90. The molecule has 5 nitrogen and oxygen atoms in total. The van der Waals surface area contributed by atoms with Crippen molar-refractivity contribution < 1.29 is 14.6 Å². The van der Waals surface area contributed by atoms with Gasteiger partial charge in [-0.1, -0.05) is 48.5 Å². The van der Waals surface area contributed by atoms with E-state index in [-0.39, 0.29) is 11.7 Å². The summed E-state index contributed by atoms with van der Waals surface area (Å²) in [5.74, 6) is 0.190. The molecule has 2 atom stereocenters. The molecule has 0 saturated heterocycles. The Kier molecular flexibility index (Phi) is 7.15. The number of methoxy groups -OCH3 is 1. The van der Waals surface area contributed by atoms with E-state index in [4.69, 9.17) is 4.74 Å². The fourth-order valence-corrected chi connectivity index (χ4v) is 5.10. The van der Waals surface area contributed by atoms with Crippen LogP contribution in [0.5, 0.6) is 5.75 Å². The van der Waals surface area contributed by atoms with Gasteiger partial charge in [0.15, 0.2) is 12.0 Å². The Morgan fingerprint density at radius 1 is 1.00 bits per heavy atom. The average Bonchev–Trinajstić information content (AvgIpc) is 2.93. The highest BCUT2D eigenvalue weighted by Crippen LogP contribution is 2.41. The molecule has 3 aromatic rings. The molecular formula is C26H28N2O3S. The van der Waals surface area contributed by atoms with Gasteiger partial charge in [0.05, 0.1) is 12.8 Å². The lowest BCUT2D eigenvalue weighted by Gasteiger charge is -2.27. The van der Waals surface area contributed by atoms with Crippen molar-refractivity contribution in [1.29, 1.82) is 0 Å². The number of carbonyl (C=O) groups is 1.